The monoisotopic (exact) mass is 560 g/mol. The molecule has 0 radical (unpaired) electrons. The van der Waals surface area contributed by atoms with Crippen LogP contribution in [0.4, 0.5) is 4.79 Å². The molecule has 2 aromatic carbocycles. The van der Waals surface area contributed by atoms with Gasteiger partial charge in [0.15, 0.2) is 0 Å². The molecule has 222 valence electrons. The van der Waals surface area contributed by atoms with Crippen LogP contribution in [0, 0.1) is 12.8 Å². The van der Waals surface area contributed by atoms with Crippen LogP contribution in [0.3, 0.4) is 0 Å². The quantitative estimate of drug-likeness (QED) is 0.385. The number of likely N-dealkylation sites (tertiary alicyclic amines) is 2. The zero-order valence-electron chi connectivity index (χ0n) is 25.2. The molecule has 2 heterocycles. The molecule has 41 heavy (non-hydrogen) atoms. The largest absolute Gasteiger partial charge is 0.497 e. The average molecular weight is 561 g/mol. The van der Waals surface area contributed by atoms with Crippen molar-refractivity contribution in [3.63, 3.8) is 0 Å². The molecule has 1 aliphatic carbocycles. The third kappa shape index (κ3) is 7.24. The number of benzene rings is 2. The fourth-order valence-corrected chi connectivity index (χ4v) is 6.95. The molecule has 0 aromatic heterocycles. The van der Waals surface area contributed by atoms with E-state index in [-0.39, 0.29) is 18.0 Å². The Labute approximate surface area is 246 Å². The van der Waals surface area contributed by atoms with Gasteiger partial charge in [0.05, 0.1) is 13.2 Å². The molecular weight excluding hydrogens is 512 g/mol. The van der Waals surface area contributed by atoms with Crippen LogP contribution in [0.25, 0.3) is 11.1 Å². The van der Waals surface area contributed by atoms with E-state index in [1.165, 1.54) is 44.9 Å². The van der Waals surface area contributed by atoms with Crippen molar-refractivity contribution in [1.29, 1.82) is 0 Å². The summed E-state index contributed by atoms with van der Waals surface area (Å²) < 4.78 is 5.32. The van der Waals surface area contributed by atoms with Gasteiger partial charge in [0.25, 0.3) is 5.91 Å². The Hall–Kier alpha value is -3.06. The first kappa shape index (κ1) is 29.4. The molecule has 2 saturated heterocycles. The number of carbonyl (C=O) groups excluding carboxylic acids is 2. The summed E-state index contributed by atoms with van der Waals surface area (Å²) in [5.41, 5.74) is 4.00. The number of rotatable bonds is 9. The summed E-state index contributed by atoms with van der Waals surface area (Å²) in [4.78, 5) is 32.4. The van der Waals surface area contributed by atoms with E-state index in [1.807, 2.05) is 58.1 Å². The number of hydrogen-bond donors (Lipinski definition) is 1. The molecule has 3 aliphatic rings. The summed E-state index contributed by atoms with van der Waals surface area (Å²) in [5.74, 6) is 1.77. The number of ether oxygens (including phenoxy) is 1. The fraction of sp³-hybridized carbons (Fsp3) is 0.588. The minimum absolute atomic E-state index is 0.000894. The van der Waals surface area contributed by atoms with Crippen molar-refractivity contribution in [2.24, 2.45) is 5.92 Å². The Morgan fingerprint density at radius 2 is 1.68 bits per heavy atom. The predicted molar refractivity (Wildman–Crippen MR) is 164 cm³/mol. The van der Waals surface area contributed by atoms with Crippen LogP contribution in [-0.4, -0.2) is 85.6 Å². The summed E-state index contributed by atoms with van der Waals surface area (Å²) in [6.45, 7) is 6.03. The maximum Gasteiger partial charge on any atom is 0.320 e. The van der Waals surface area contributed by atoms with Gasteiger partial charge in [-0.25, -0.2) is 4.79 Å². The Kier molecular flexibility index (Phi) is 9.86. The molecule has 3 fully saturated rings. The number of urea groups is 1. The van der Waals surface area contributed by atoms with Crippen molar-refractivity contribution >= 4 is 11.9 Å². The first-order valence-electron chi connectivity index (χ1n) is 15.7. The standard InChI is InChI=1S/C34H48N4O3/c1-25-22-31(41-3)15-16-32(25)27-11-13-28(14-12-27)33(39)36(2)30-18-21-38(24-30)34(40)37-20-17-29(23-37)35-19-7-10-26-8-5-4-6-9-26/h11-16,22,26,29-30,35H,4-10,17-21,23-24H2,1-3H3/t29-,30+/m1/s1. The number of hydrogen-bond acceptors (Lipinski definition) is 4. The van der Waals surface area contributed by atoms with Crippen LogP contribution in [0.2, 0.25) is 0 Å². The lowest BCUT2D eigenvalue weighted by atomic mass is 9.86. The number of nitrogens with one attached hydrogen (secondary N) is 1. The molecule has 2 aromatic rings. The average Bonchev–Trinajstić information content (AvgIpc) is 3.70. The van der Waals surface area contributed by atoms with Crippen LogP contribution in [0.5, 0.6) is 5.75 Å². The predicted octanol–water partition coefficient (Wildman–Crippen LogP) is 5.96. The number of aryl methyl sites for hydroxylation is 1. The van der Waals surface area contributed by atoms with E-state index in [0.717, 1.165) is 60.8 Å². The van der Waals surface area contributed by atoms with E-state index >= 15 is 0 Å². The van der Waals surface area contributed by atoms with Crippen molar-refractivity contribution in [2.75, 3.05) is 46.9 Å². The highest BCUT2D eigenvalue weighted by Crippen LogP contribution is 2.29. The van der Waals surface area contributed by atoms with Gasteiger partial charge in [0.2, 0.25) is 0 Å². The van der Waals surface area contributed by atoms with Crippen LogP contribution in [-0.2, 0) is 0 Å². The molecule has 1 saturated carbocycles. The molecule has 1 N–H and O–H groups in total. The van der Waals surface area contributed by atoms with E-state index in [1.54, 1.807) is 7.11 Å². The second-order valence-corrected chi connectivity index (χ2v) is 12.4. The number of nitrogens with zero attached hydrogens (tertiary/aromatic N) is 3. The molecular formula is C34H48N4O3. The summed E-state index contributed by atoms with van der Waals surface area (Å²) in [7, 11) is 3.54. The van der Waals surface area contributed by atoms with Crippen LogP contribution in [0.15, 0.2) is 42.5 Å². The maximum absolute atomic E-state index is 13.3. The zero-order chi connectivity index (χ0) is 28.8. The molecule has 7 nitrogen and oxygen atoms in total. The van der Waals surface area contributed by atoms with Crippen molar-refractivity contribution < 1.29 is 14.3 Å². The van der Waals surface area contributed by atoms with Crippen LogP contribution < -0.4 is 10.1 Å². The Morgan fingerprint density at radius 3 is 2.41 bits per heavy atom. The Bertz CT molecular complexity index is 1180. The number of carbonyl (C=O) groups is 2. The number of methoxy groups -OCH3 is 1. The highest BCUT2D eigenvalue weighted by atomic mass is 16.5. The van der Waals surface area contributed by atoms with Crippen LogP contribution in [0.1, 0.15) is 73.7 Å². The lowest BCUT2D eigenvalue weighted by Gasteiger charge is -2.27. The first-order chi connectivity index (χ1) is 19.9. The second kappa shape index (κ2) is 13.7. The second-order valence-electron chi connectivity index (χ2n) is 12.4. The summed E-state index contributed by atoms with van der Waals surface area (Å²) >= 11 is 0. The lowest BCUT2D eigenvalue weighted by molar-refractivity contribution is 0.0735. The molecule has 2 aliphatic heterocycles. The van der Waals surface area contributed by atoms with E-state index in [4.69, 9.17) is 4.74 Å². The van der Waals surface area contributed by atoms with Gasteiger partial charge in [-0.2, -0.15) is 0 Å². The van der Waals surface area contributed by atoms with Gasteiger partial charge in [0, 0.05) is 44.8 Å². The Balaban J connectivity index is 1.07. The third-order valence-corrected chi connectivity index (χ3v) is 9.58. The van der Waals surface area contributed by atoms with Crippen molar-refractivity contribution in [2.45, 2.75) is 76.8 Å². The zero-order valence-corrected chi connectivity index (χ0v) is 25.2. The van der Waals surface area contributed by atoms with Gasteiger partial charge in [-0.1, -0.05) is 50.3 Å². The van der Waals surface area contributed by atoms with Crippen molar-refractivity contribution in [3.05, 3.63) is 53.6 Å². The van der Waals surface area contributed by atoms with Crippen molar-refractivity contribution in [1.82, 2.24) is 20.0 Å². The number of amides is 3. The molecule has 0 unspecified atom stereocenters. The minimum Gasteiger partial charge on any atom is -0.497 e. The topological polar surface area (TPSA) is 65.1 Å². The molecule has 2 atom stereocenters. The van der Waals surface area contributed by atoms with Crippen molar-refractivity contribution in [3.8, 4) is 16.9 Å². The lowest BCUT2D eigenvalue weighted by Crippen LogP contribution is -2.45. The van der Waals surface area contributed by atoms with Gasteiger partial charge in [0.1, 0.15) is 5.75 Å². The first-order valence-corrected chi connectivity index (χ1v) is 15.7. The molecule has 0 spiro atoms. The van der Waals surface area contributed by atoms with Gasteiger partial charge in [-0.05, 0) is 86.0 Å². The van der Waals surface area contributed by atoms with E-state index in [2.05, 4.69) is 18.3 Å². The van der Waals surface area contributed by atoms with Gasteiger partial charge in [-0.3, -0.25) is 4.79 Å². The smallest absolute Gasteiger partial charge is 0.320 e. The SMILES string of the molecule is COc1ccc(-c2ccc(C(=O)N(C)[C@H]3CCN(C(=O)N4CC[C@@H](NCCCC5CCCCC5)C4)C3)cc2)c(C)c1. The van der Waals surface area contributed by atoms with Gasteiger partial charge >= 0.3 is 6.03 Å². The summed E-state index contributed by atoms with van der Waals surface area (Å²) in [6.07, 6.45) is 11.5. The maximum atomic E-state index is 13.3. The third-order valence-electron chi connectivity index (χ3n) is 9.58. The van der Waals surface area contributed by atoms with E-state index in [0.29, 0.717) is 24.7 Å². The summed E-state index contributed by atoms with van der Waals surface area (Å²) in [6, 6.07) is 14.4. The number of likely N-dealkylation sites (N-methyl/N-ethyl adjacent to an activating group) is 1. The van der Waals surface area contributed by atoms with E-state index < -0.39 is 0 Å². The minimum atomic E-state index is 0.000894. The normalized spacial score (nSPS) is 21.3. The fourth-order valence-electron chi connectivity index (χ4n) is 6.95. The van der Waals surface area contributed by atoms with Crippen LogP contribution >= 0.6 is 0 Å². The molecule has 5 rings (SSSR count). The Morgan fingerprint density at radius 1 is 0.951 bits per heavy atom. The molecule has 3 amide bonds. The highest BCUT2D eigenvalue weighted by Gasteiger charge is 2.35. The van der Waals surface area contributed by atoms with Gasteiger partial charge in [-0.15, -0.1) is 0 Å². The van der Waals surface area contributed by atoms with E-state index in [9.17, 15) is 9.59 Å². The summed E-state index contributed by atoms with van der Waals surface area (Å²) in [5, 5.41) is 3.71. The molecule has 7 heteroatoms. The van der Waals surface area contributed by atoms with Gasteiger partial charge < -0.3 is 24.8 Å². The molecule has 0 bridgehead atoms. The highest BCUT2D eigenvalue weighted by molar-refractivity contribution is 5.95.